The Kier molecular flexibility index (Phi) is 7.85. The zero-order valence-electron chi connectivity index (χ0n) is 15.9. The first-order valence-corrected chi connectivity index (χ1v) is 9.79. The van der Waals surface area contributed by atoms with Crippen molar-refractivity contribution >= 4 is 33.4 Å². The van der Waals surface area contributed by atoms with E-state index in [0.29, 0.717) is 37.2 Å². The number of benzene rings is 2. The van der Waals surface area contributed by atoms with Gasteiger partial charge < -0.3 is 15.0 Å². The molecule has 2 amide bonds. The predicted octanol–water partition coefficient (Wildman–Crippen LogP) is 4.51. The Morgan fingerprint density at radius 3 is 2.30 bits per heavy atom. The van der Waals surface area contributed by atoms with Gasteiger partial charge in [0.2, 0.25) is 5.91 Å². The van der Waals surface area contributed by atoms with Gasteiger partial charge in [-0.1, -0.05) is 6.07 Å². The molecule has 0 unspecified atom stereocenters. The lowest BCUT2D eigenvalue weighted by molar-refractivity contribution is -0.116. The summed E-state index contributed by atoms with van der Waals surface area (Å²) in [4.78, 5) is 26.3. The quantitative estimate of drug-likeness (QED) is 0.667. The molecule has 0 spiro atoms. The van der Waals surface area contributed by atoms with Crippen LogP contribution in [0.25, 0.3) is 0 Å². The minimum absolute atomic E-state index is 0.00274. The fourth-order valence-electron chi connectivity index (χ4n) is 2.74. The molecule has 0 heterocycles. The number of nitrogens with one attached hydrogen (secondary N) is 1. The second-order valence-corrected chi connectivity index (χ2v) is 6.93. The Morgan fingerprint density at radius 1 is 1.07 bits per heavy atom. The first-order chi connectivity index (χ1) is 13.0. The third kappa shape index (κ3) is 5.82. The third-order valence-corrected chi connectivity index (χ3v) is 4.94. The number of aryl methyl sites for hydroxylation is 1. The van der Waals surface area contributed by atoms with Gasteiger partial charge in [0.05, 0.1) is 11.6 Å². The summed E-state index contributed by atoms with van der Waals surface area (Å²) in [5, 5.41) is 2.87. The first kappa shape index (κ1) is 21.0. The molecule has 0 aliphatic rings. The molecule has 0 saturated carbocycles. The van der Waals surface area contributed by atoms with Crippen LogP contribution in [-0.2, 0) is 11.2 Å². The highest BCUT2D eigenvalue weighted by Crippen LogP contribution is 2.26. The Morgan fingerprint density at radius 2 is 1.74 bits per heavy atom. The van der Waals surface area contributed by atoms with E-state index in [2.05, 4.69) is 21.2 Å². The average Bonchev–Trinajstić information content (AvgIpc) is 2.68. The molecule has 0 atom stereocenters. The van der Waals surface area contributed by atoms with Crippen LogP contribution >= 0.6 is 15.9 Å². The molecule has 0 bridgehead atoms. The van der Waals surface area contributed by atoms with Crippen LogP contribution in [0.2, 0.25) is 0 Å². The highest BCUT2D eigenvalue weighted by molar-refractivity contribution is 9.10. The molecule has 144 valence electrons. The molecular weight excluding hydrogens is 408 g/mol. The number of carbonyl (C=O) groups excluding carboxylic acids is 2. The lowest BCUT2D eigenvalue weighted by Gasteiger charge is -2.18. The molecule has 0 aliphatic carbocycles. The van der Waals surface area contributed by atoms with Crippen molar-refractivity contribution in [3.63, 3.8) is 0 Å². The van der Waals surface area contributed by atoms with Crippen molar-refractivity contribution in [2.45, 2.75) is 26.7 Å². The number of nitrogens with zero attached hydrogens (tertiary/aromatic N) is 1. The maximum absolute atomic E-state index is 12.3. The van der Waals surface area contributed by atoms with E-state index >= 15 is 0 Å². The Balaban J connectivity index is 1.90. The summed E-state index contributed by atoms with van der Waals surface area (Å²) >= 11 is 3.45. The molecule has 2 aromatic rings. The molecule has 1 N–H and O–H groups in total. The molecule has 0 radical (unpaired) electrons. The molecule has 5 nitrogen and oxygen atoms in total. The standard InChI is InChI=1S/C21H25BrN2O3/c1-4-24(5-2)21(26)16-8-10-17(11-9-16)23-20(25)13-7-15-6-12-19(27-3)18(22)14-15/h6,8-12,14H,4-5,7,13H2,1-3H3,(H,23,25). The summed E-state index contributed by atoms with van der Waals surface area (Å²) in [6, 6.07) is 12.8. The molecule has 0 aliphatic heterocycles. The van der Waals surface area contributed by atoms with E-state index in [1.165, 1.54) is 0 Å². The zero-order chi connectivity index (χ0) is 19.8. The normalized spacial score (nSPS) is 10.4. The summed E-state index contributed by atoms with van der Waals surface area (Å²) in [6.45, 7) is 5.26. The Hall–Kier alpha value is -2.34. The average molecular weight is 433 g/mol. The highest BCUT2D eigenvalue weighted by Gasteiger charge is 2.12. The maximum atomic E-state index is 12.3. The Labute approximate surface area is 168 Å². The molecule has 2 aromatic carbocycles. The van der Waals surface area contributed by atoms with E-state index in [0.717, 1.165) is 15.8 Å². The molecule has 0 fully saturated rings. The van der Waals surface area contributed by atoms with Crippen LogP contribution in [0.4, 0.5) is 5.69 Å². The maximum Gasteiger partial charge on any atom is 0.253 e. The molecule has 6 heteroatoms. The number of halogens is 1. The van der Waals surface area contributed by atoms with Crippen LogP contribution in [0.5, 0.6) is 5.75 Å². The van der Waals surface area contributed by atoms with Crippen LogP contribution in [0.15, 0.2) is 46.9 Å². The van der Waals surface area contributed by atoms with Gasteiger partial charge in [-0.25, -0.2) is 0 Å². The second-order valence-electron chi connectivity index (χ2n) is 6.07. The molecular formula is C21H25BrN2O3. The van der Waals surface area contributed by atoms with Gasteiger partial charge in [-0.15, -0.1) is 0 Å². The summed E-state index contributed by atoms with van der Waals surface area (Å²) in [7, 11) is 1.62. The Bertz CT molecular complexity index is 787. The lowest BCUT2D eigenvalue weighted by Crippen LogP contribution is -2.30. The highest BCUT2D eigenvalue weighted by atomic mass is 79.9. The topological polar surface area (TPSA) is 58.6 Å². The number of hydrogen-bond acceptors (Lipinski definition) is 3. The molecule has 0 aromatic heterocycles. The molecule has 27 heavy (non-hydrogen) atoms. The van der Waals surface area contributed by atoms with E-state index in [1.54, 1.807) is 36.3 Å². The largest absolute Gasteiger partial charge is 0.496 e. The van der Waals surface area contributed by atoms with Crippen LogP contribution < -0.4 is 10.1 Å². The van der Waals surface area contributed by atoms with E-state index in [1.807, 2.05) is 32.0 Å². The van der Waals surface area contributed by atoms with Crippen molar-refractivity contribution in [2.24, 2.45) is 0 Å². The van der Waals surface area contributed by atoms with Crippen molar-refractivity contribution in [1.82, 2.24) is 4.90 Å². The van der Waals surface area contributed by atoms with Crippen LogP contribution in [0.1, 0.15) is 36.2 Å². The van der Waals surface area contributed by atoms with Crippen LogP contribution in [-0.4, -0.2) is 36.9 Å². The second kappa shape index (κ2) is 10.1. The lowest BCUT2D eigenvalue weighted by atomic mass is 10.1. The number of methoxy groups -OCH3 is 1. The minimum atomic E-state index is -0.0650. The van der Waals surface area contributed by atoms with Gasteiger partial charge in [0, 0.05) is 30.8 Å². The number of hydrogen-bond donors (Lipinski definition) is 1. The van der Waals surface area contributed by atoms with E-state index < -0.39 is 0 Å². The number of carbonyl (C=O) groups is 2. The monoisotopic (exact) mass is 432 g/mol. The van der Waals surface area contributed by atoms with Gasteiger partial charge in [0.15, 0.2) is 0 Å². The van der Waals surface area contributed by atoms with Gasteiger partial charge >= 0.3 is 0 Å². The zero-order valence-corrected chi connectivity index (χ0v) is 17.5. The van der Waals surface area contributed by atoms with Crippen molar-refractivity contribution in [3.8, 4) is 5.75 Å². The summed E-state index contributed by atoms with van der Waals surface area (Å²) in [6.07, 6.45) is 1.01. The SMILES string of the molecule is CCN(CC)C(=O)c1ccc(NC(=O)CCc2ccc(OC)c(Br)c2)cc1. The molecule has 0 saturated heterocycles. The van der Waals surface area contributed by atoms with Crippen molar-refractivity contribution in [1.29, 1.82) is 0 Å². The third-order valence-electron chi connectivity index (χ3n) is 4.32. The van der Waals surface area contributed by atoms with E-state index in [9.17, 15) is 9.59 Å². The van der Waals surface area contributed by atoms with Gasteiger partial charge in [0.25, 0.3) is 5.91 Å². The summed E-state index contributed by atoms with van der Waals surface area (Å²) < 4.78 is 6.08. The number of rotatable bonds is 8. The molecule has 2 rings (SSSR count). The number of ether oxygens (including phenoxy) is 1. The fraction of sp³-hybridized carbons (Fsp3) is 0.333. The van der Waals surface area contributed by atoms with Crippen LogP contribution in [0, 0.1) is 0 Å². The summed E-state index contributed by atoms with van der Waals surface area (Å²) in [5.74, 6) is 0.704. The number of amides is 2. The fourth-order valence-corrected chi connectivity index (χ4v) is 3.32. The van der Waals surface area contributed by atoms with Crippen molar-refractivity contribution in [3.05, 3.63) is 58.1 Å². The van der Waals surface area contributed by atoms with E-state index in [4.69, 9.17) is 4.74 Å². The van der Waals surface area contributed by atoms with E-state index in [-0.39, 0.29) is 11.8 Å². The first-order valence-electron chi connectivity index (χ1n) is 9.00. The van der Waals surface area contributed by atoms with Crippen molar-refractivity contribution < 1.29 is 14.3 Å². The van der Waals surface area contributed by atoms with Crippen molar-refractivity contribution in [2.75, 3.05) is 25.5 Å². The van der Waals surface area contributed by atoms with Gasteiger partial charge in [-0.3, -0.25) is 9.59 Å². The van der Waals surface area contributed by atoms with Gasteiger partial charge in [-0.05, 0) is 78.2 Å². The summed E-state index contributed by atoms with van der Waals surface area (Å²) in [5.41, 5.74) is 2.37. The smallest absolute Gasteiger partial charge is 0.253 e. The predicted molar refractivity (Wildman–Crippen MR) is 111 cm³/mol. The minimum Gasteiger partial charge on any atom is -0.496 e. The number of anilines is 1. The van der Waals surface area contributed by atoms with Crippen LogP contribution in [0.3, 0.4) is 0 Å². The van der Waals surface area contributed by atoms with Gasteiger partial charge in [-0.2, -0.15) is 0 Å². The van der Waals surface area contributed by atoms with Gasteiger partial charge in [0.1, 0.15) is 5.75 Å².